The molecule has 1 saturated heterocycles. The molecule has 12 heteroatoms. The lowest BCUT2D eigenvalue weighted by atomic mass is 9.98. The molecule has 0 radical (unpaired) electrons. The molecule has 0 amide bonds. The van der Waals surface area contributed by atoms with Crippen LogP contribution in [0.1, 0.15) is 18.4 Å². The molecule has 2 heterocycles. The summed E-state index contributed by atoms with van der Waals surface area (Å²) >= 11 is 0. The summed E-state index contributed by atoms with van der Waals surface area (Å²) in [6.45, 7) is -0.186. The first-order valence-electron chi connectivity index (χ1n) is 9.91. The van der Waals surface area contributed by atoms with E-state index in [0.717, 1.165) is 22.5 Å². The first-order chi connectivity index (χ1) is 15.7. The van der Waals surface area contributed by atoms with Gasteiger partial charge in [0.15, 0.2) is 0 Å². The average Bonchev–Trinajstić information content (AvgIpc) is 3.34. The lowest BCUT2D eigenvalue weighted by Gasteiger charge is -2.30. The number of carbonyl (C=O) groups excluding carboxylic acids is 1. The Labute approximate surface area is 187 Å². The Hall–Kier alpha value is -3.25. The molecule has 1 aliphatic heterocycles. The molecule has 0 atom stereocenters. The van der Waals surface area contributed by atoms with Gasteiger partial charge in [0, 0.05) is 18.7 Å². The van der Waals surface area contributed by atoms with Gasteiger partial charge in [0.05, 0.1) is 16.4 Å². The van der Waals surface area contributed by atoms with Gasteiger partial charge in [-0.1, -0.05) is 12.1 Å². The van der Waals surface area contributed by atoms with Gasteiger partial charge in [-0.15, -0.1) is 10.2 Å². The van der Waals surface area contributed by atoms with Crippen LogP contribution in [-0.2, 0) is 21.0 Å². The number of aromatic nitrogens is 2. The molecule has 33 heavy (non-hydrogen) atoms. The van der Waals surface area contributed by atoms with Crippen molar-refractivity contribution in [2.75, 3.05) is 13.1 Å². The van der Waals surface area contributed by atoms with Crippen molar-refractivity contribution >= 4 is 16.0 Å². The number of carbonyl (C=O) groups is 1. The molecule has 1 fully saturated rings. The Morgan fingerprint density at radius 3 is 2.33 bits per heavy atom. The molecule has 0 unspecified atom stereocenters. The largest absolute Gasteiger partial charge is 0.426 e. The number of piperidine rings is 1. The van der Waals surface area contributed by atoms with Crippen molar-refractivity contribution < 1.29 is 35.5 Å². The van der Waals surface area contributed by atoms with Crippen molar-refractivity contribution in [2.24, 2.45) is 5.92 Å². The number of ether oxygens (including phenoxy) is 1. The zero-order chi connectivity index (χ0) is 23.6. The number of esters is 1. The maximum Gasteiger partial charge on any atom is 0.417 e. The van der Waals surface area contributed by atoms with Crippen LogP contribution in [0.15, 0.2) is 64.2 Å². The van der Waals surface area contributed by atoms with Crippen LogP contribution in [0, 0.1) is 5.92 Å². The minimum atomic E-state index is -4.80. The number of hydrogen-bond donors (Lipinski definition) is 0. The Bertz CT molecular complexity index is 1220. The van der Waals surface area contributed by atoms with E-state index in [1.165, 1.54) is 12.5 Å². The number of sulfonamides is 1. The fourth-order valence-corrected chi connectivity index (χ4v) is 5.24. The number of benzene rings is 2. The van der Waals surface area contributed by atoms with Crippen LogP contribution in [0.2, 0.25) is 0 Å². The molecule has 1 aliphatic rings. The summed E-state index contributed by atoms with van der Waals surface area (Å²) < 4.78 is 76.9. The third kappa shape index (κ3) is 4.91. The molecule has 174 valence electrons. The van der Waals surface area contributed by atoms with Crippen molar-refractivity contribution in [1.82, 2.24) is 14.5 Å². The second-order valence-corrected chi connectivity index (χ2v) is 9.27. The third-order valence-electron chi connectivity index (χ3n) is 5.28. The van der Waals surface area contributed by atoms with Crippen LogP contribution in [0.5, 0.6) is 5.75 Å². The van der Waals surface area contributed by atoms with Gasteiger partial charge in [0.2, 0.25) is 22.3 Å². The van der Waals surface area contributed by atoms with E-state index in [0.29, 0.717) is 11.5 Å². The van der Waals surface area contributed by atoms with Crippen molar-refractivity contribution in [1.29, 1.82) is 0 Å². The molecule has 1 aromatic heterocycles. The zero-order valence-electron chi connectivity index (χ0n) is 17.0. The predicted molar refractivity (Wildman–Crippen MR) is 108 cm³/mol. The molecule has 3 aromatic rings. The number of alkyl halides is 3. The molecular weight excluding hydrogens is 463 g/mol. The summed E-state index contributed by atoms with van der Waals surface area (Å²) in [6, 6.07) is 10.5. The van der Waals surface area contributed by atoms with Crippen LogP contribution in [0.25, 0.3) is 11.5 Å². The quantitative estimate of drug-likeness (QED) is 0.404. The average molecular weight is 481 g/mol. The van der Waals surface area contributed by atoms with E-state index in [1.807, 2.05) is 0 Å². The molecule has 4 rings (SSSR count). The van der Waals surface area contributed by atoms with Crippen LogP contribution in [-0.4, -0.2) is 42.0 Å². The van der Waals surface area contributed by atoms with Crippen LogP contribution in [0.3, 0.4) is 0 Å². The maximum atomic E-state index is 13.3. The van der Waals surface area contributed by atoms with Gasteiger partial charge in [0.25, 0.3) is 0 Å². The van der Waals surface area contributed by atoms with E-state index < -0.39 is 38.5 Å². The summed E-state index contributed by atoms with van der Waals surface area (Å²) in [5.41, 5.74) is -0.569. The van der Waals surface area contributed by atoms with Crippen LogP contribution >= 0.6 is 0 Å². The van der Waals surface area contributed by atoms with E-state index in [9.17, 15) is 26.4 Å². The summed E-state index contributed by atoms with van der Waals surface area (Å²) in [5.74, 6) is -0.510. The minimum Gasteiger partial charge on any atom is -0.426 e. The summed E-state index contributed by atoms with van der Waals surface area (Å²) in [6.07, 6.45) is -3.35. The highest BCUT2D eigenvalue weighted by Crippen LogP contribution is 2.36. The van der Waals surface area contributed by atoms with E-state index in [2.05, 4.69) is 10.2 Å². The molecule has 0 N–H and O–H groups in total. The highest BCUT2D eigenvalue weighted by atomic mass is 32.2. The fraction of sp³-hybridized carbons (Fsp3) is 0.286. The van der Waals surface area contributed by atoms with E-state index >= 15 is 0 Å². The monoisotopic (exact) mass is 481 g/mol. The highest BCUT2D eigenvalue weighted by Gasteiger charge is 2.40. The second kappa shape index (κ2) is 8.94. The van der Waals surface area contributed by atoms with Crippen molar-refractivity contribution in [3.05, 3.63) is 60.5 Å². The van der Waals surface area contributed by atoms with Crippen molar-refractivity contribution in [3.63, 3.8) is 0 Å². The SMILES string of the molecule is O=C(Oc1ccc(-c2nnco2)cc1)C1CCN(S(=O)(=O)c2ccccc2C(F)(F)F)CC1. The van der Waals surface area contributed by atoms with Crippen LogP contribution in [0.4, 0.5) is 13.2 Å². The Kier molecular flexibility index (Phi) is 6.21. The van der Waals surface area contributed by atoms with Gasteiger partial charge in [-0.05, 0) is 49.2 Å². The Balaban J connectivity index is 1.39. The minimum absolute atomic E-state index is 0.0929. The summed E-state index contributed by atoms with van der Waals surface area (Å²) in [7, 11) is -4.37. The van der Waals surface area contributed by atoms with Gasteiger partial charge in [-0.3, -0.25) is 4.79 Å². The Morgan fingerprint density at radius 2 is 1.73 bits per heavy atom. The highest BCUT2D eigenvalue weighted by molar-refractivity contribution is 7.89. The van der Waals surface area contributed by atoms with E-state index in [1.54, 1.807) is 24.3 Å². The maximum absolute atomic E-state index is 13.3. The van der Waals surface area contributed by atoms with E-state index in [4.69, 9.17) is 9.15 Å². The zero-order valence-corrected chi connectivity index (χ0v) is 17.8. The number of rotatable bonds is 5. The normalized spacial score (nSPS) is 16.0. The molecule has 0 saturated carbocycles. The van der Waals surface area contributed by atoms with Crippen molar-refractivity contribution in [2.45, 2.75) is 23.9 Å². The topological polar surface area (TPSA) is 103 Å². The van der Waals surface area contributed by atoms with Gasteiger partial charge >= 0.3 is 12.1 Å². The second-order valence-electron chi connectivity index (χ2n) is 7.36. The van der Waals surface area contributed by atoms with Gasteiger partial charge < -0.3 is 9.15 Å². The third-order valence-corrected chi connectivity index (χ3v) is 7.23. The summed E-state index contributed by atoms with van der Waals surface area (Å²) in [4.78, 5) is 11.7. The van der Waals surface area contributed by atoms with Gasteiger partial charge in [0.1, 0.15) is 5.75 Å². The first-order valence-corrected chi connectivity index (χ1v) is 11.3. The Morgan fingerprint density at radius 1 is 1.06 bits per heavy atom. The fourth-order valence-electron chi connectivity index (χ4n) is 3.56. The lowest BCUT2D eigenvalue weighted by molar-refractivity contribution is -0.140. The molecule has 0 aliphatic carbocycles. The molecular formula is C21H18F3N3O5S. The smallest absolute Gasteiger partial charge is 0.417 e. The molecule has 0 bridgehead atoms. The van der Waals surface area contributed by atoms with Crippen LogP contribution < -0.4 is 4.74 Å². The molecule has 2 aromatic carbocycles. The van der Waals surface area contributed by atoms with Gasteiger partial charge in [-0.2, -0.15) is 17.5 Å². The standard InChI is InChI=1S/C21H18F3N3O5S/c22-21(23,24)17-3-1-2-4-18(17)33(29,30)27-11-9-15(10-12-27)20(28)32-16-7-5-14(6-8-16)19-26-25-13-31-19/h1-8,13,15H,9-12H2. The first kappa shape index (κ1) is 22.9. The van der Waals surface area contributed by atoms with E-state index in [-0.39, 0.29) is 31.7 Å². The number of hydrogen-bond acceptors (Lipinski definition) is 7. The summed E-state index contributed by atoms with van der Waals surface area (Å²) in [5, 5.41) is 7.36. The van der Waals surface area contributed by atoms with Crippen molar-refractivity contribution in [3.8, 4) is 17.2 Å². The number of halogens is 3. The molecule has 8 nitrogen and oxygen atoms in total. The number of nitrogens with zero attached hydrogens (tertiary/aromatic N) is 3. The predicted octanol–water partition coefficient (Wildman–Crippen LogP) is 3.76. The van der Waals surface area contributed by atoms with Gasteiger partial charge in [-0.25, -0.2) is 8.42 Å². The lowest BCUT2D eigenvalue weighted by Crippen LogP contribution is -2.41. The molecule has 0 spiro atoms.